The lowest BCUT2D eigenvalue weighted by molar-refractivity contribution is 0.600. The zero-order valence-corrected chi connectivity index (χ0v) is 14.1. The topological polar surface area (TPSA) is 71.1 Å². The van der Waals surface area contributed by atoms with E-state index in [-0.39, 0.29) is 4.90 Å². The number of hydrogen-bond donors (Lipinski definition) is 2. The molecule has 0 amide bonds. The van der Waals surface area contributed by atoms with Crippen molar-refractivity contribution in [2.45, 2.75) is 18.4 Å². The Hall–Kier alpha value is -1.44. The molecule has 7 heteroatoms. The average Bonchev–Trinajstić information content (AvgIpc) is 2.40. The van der Waals surface area contributed by atoms with E-state index in [1.54, 1.807) is 37.4 Å². The molecule has 0 saturated carbocycles. The van der Waals surface area contributed by atoms with E-state index in [0.717, 1.165) is 11.3 Å². The van der Waals surface area contributed by atoms with E-state index in [4.69, 9.17) is 0 Å². The van der Waals surface area contributed by atoms with Gasteiger partial charge in [-0.3, -0.25) is 9.71 Å². The number of aryl methyl sites for hydroxylation is 1. The van der Waals surface area contributed by atoms with Crippen LogP contribution in [0.2, 0.25) is 0 Å². The molecule has 0 radical (unpaired) electrons. The van der Waals surface area contributed by atoms with Crippen molar-refractivity contribution in [3.63, 3.8) is 0 Å². The molecule has 0 saturated heterocycles. The highest BCUT2D eigenvalue weighted by molar-refractivity contribution is 9.10. The van der Waals surface area contributed by atoms with Gasteiger partial charge >= 0.3 is 0 Å². The summed E-state index contributed by atoms with van der Waals surface area (Å²) in [7, 11) is -1.84. The molecule has 1 aromatic carbocycles. The summed E-state index contributed by atoms with van der Waals surface area (Å²) in [5, 5.41) is 3.00. The monoisotopic (exact) mass is 369 g/mol. The fraction of sp³-hybridized carbons (Fsp3) is 0.214. The molecule has 0 aliphatic rings. The minimum Gasteiger partial charge on any atom is -0.316 e. The number of nitrogens with one attached hydrogen (secondary N) is 2. The Morgan fingerprint density at radius 2 is 2.00 bits per heavy atom. The second-order valence-corrected chi connectivity index (χ2v) is 7.09. The SMILES string of the molecule is CNCc1ccc(Br)c(S(=O)(=O)Nc2ccnc(C)c2)c1. The van der Waals surface area contributed by atoms with E-state index >= 15 is 0 Å². The van der Waals surface area contributed by atoms with Crippen molar-refractivity contribution < 1.29 is 8.42 Å². The van der Waals surface area contributed by atoms with Gasteiger partial charge < -0.3 is 5.32 Å². The van der Waals surface area contributed by atoms with Crippen molar-refractivity contribution in [3.05, 3.63) is 52.3 Å². The van der Waals surface area contributed by atoms with Gasteiger partial charge in [0, 0.05) is 22.9 Å². The van der Waals surface area contributed by atoms with E-state index in [1.165, 1.54) is 0 Å². The molecule has 0 unspecified atom stereocenters. The lowest BCUT2D eigenvalue weighted by Crippen LogP contribution is -2.15. The number of nitrogens with zero attached hydrogens (tertiary/aromatic N) is 1. The molecular formula is C14H16BrN3O2S. The fourth-order valence-corrected chi connectivity index (χ4v) is 3.95. The van der Waals surface area contributed by atoms with Gasteiger partial charge in [-0.25, -0.2) is 8.42 Å². The highest BCUT2D eigenvalue weighted by Gasteiger charge is 2.18. The first-order valence-electron chi connectivity index (χ1n) is 6.31. The first-order valence-corrected chi connectivity index (χ1v) is 8.58. The zero-order chi connectivity index (χ0) is 15.5. The Bertz CT molecular complexity index is 748. The van der Waals surface area contributed by atoms with Crippen LogP contribution in [0, 0.1) is 6.92 Å². The first-order chi connectivity index (χ1) is 9.92. The molecule has 0 aliphatic carbocycles. The van der Waals surface area contributed by atoms with Gasteiger partial charge in [0.15, 0.2) is 0 Å². The summed E-state index contributed by atoms with van der Waals surface area (Å²) >= 11 is 3.29. The number of anilines is 1. The van der Waals surface area contributed by atoms with Crippen molar-refractivity contribution in [1.82, 2.24) is 10.3 Å². The summed E-state index contributed by atoms with van der Waals surface area (Å²) < 4.78 is 28.1. The van der Waals surface area contributed by atoms with Crippen molar-refractivity contribution in [1.29, 1.82) is 0 Å². The third-order valence-corrected chi connectivity index (χ3v) is 5.19. The highest BCUT2D eigenvalue weighted by Crippen LogP contribution is 2.25. The van der Waals surface area contributed by atoms with Crippen LogP contribution in [0.4, 0.5) is 5.69 Å². The molecule has 0 aliphatic heterocycles. The van der Waals surface area contributed by atoms with Crippen molar-refractivity contribution in [2.24, 2.45) is 0 Å². The van der Waals surface area contributed by atoms with E-state index < -0.39 is 10.0 Å². The lowest BCUT2D eigenvalue weighted by Gasteiger charge is -2.11. The summed E-state index contributed by atoms with van der Waals surface area (Å²) in [5.41, 5.74) is 2.14. The average molecular weight is 370 g/mol. The zero-order valence-electron chi connectivity index (χ0n) is 11.7. The van der Waals surface area contributed by atoms with Crippen molar-refractivity contribution >= 4 is 31.6 Å². The molecule has 1 aromatic heterocycles. The molecule has 1 heterocycles. The highest BCUT2D eigenvalue weighted by atomic mass is 79.9. The molecular weight excluding hydrogens is 354 g/mol. The molecule has 0 spiro atoms. The van der Waals surface area contributed by atoms with Crippen LogP contribution in [-0.2, 0) is 16.6 Å². The van der Waals surface area contributed by atoms with E-state index in [2.05, 4.69) is 31.0 Å². The Morgan fingerprint density at radius 1 is 1.24 bits per heavy atom. The van der Waals surface area contributed by atoms with Crippen LogP contribution in [0.5, 0.6) is 0 Å². The van der Waals surface area contributed by atoms with Crippen LogP contribution in [0.15, 0.2) is 45.9 Å². The molecule has 112 valence electrons. The predicted octanol–water partition coefficient (Wildman–Crippen LogP) is 2.67. The van der Waals surface area contributed by atoms with Gasteiger partial charge in [0.1, 0.15) is 4.90 Å². The predicted molar refractivity (Wildman–Crippen MR) is 86.7 cm³/mol. The number of sulfonamides is 1. The van der Waals surface area contributed by atoms with Gasteiger partial charge in [-0.15, -0.1) is 0 Å². The van der Waals surface area contributed by atoms with Gasteiger partial charge in [-0.1, -0.05) is 6.07 Å². The number of pyridine rings is 1. The Balaban J connectivity index is 2.37. The number of aromatic nitrogens is 1. The quantitative estimate of drug-likeness (QED) is 0.849. The normalized spacial score (nSPS) is 11.4. The minimum absolute atomic E-state index is 0.213. The van der Waals surface area contributed by atoms with Gasteiger partial charge in [0.2, 0.25) is 0 Å². The lowest BCUT2D eigenvalue weighted by atomic mass is 10.2. The van der Waals surface area contributed by atoms with E-state index in [9.17, 15) is 8.42 Å². The summed E-state index contributed by atoms with van der Waals surface area (Å²) in [6.45, 7) is 2.41. The van der Waals surface area contributed by atoms with E-state index in [1.807, 2.05) is 13.1 Å². The number of halogens is 1. The summed E-state index contributed by atoms with van der Waals surface area (Å²) in [4.78, 5) is 4.26. The minimum atomic E-state index is -3.65. The molecule has 0 bridgehead atoms. The smallest absolute Gasteiger partial charge is 0.263 e. The second kappa shape index (κ2) is 6.55. The fourth-order valence-electron chi connectivity index (χ4n) is 1.89. The molecule has 21 heavy (non-hydrogen) atoms. The maximum Gasteiger partial charge on any atom is 0.263 e. The van der Waals surface area contributed by atoms with Gasteiger partial charge in [0.25, 0.3) is 10.0 Å². The van der Waals surface area contributed by atoms with Crippen LogP contribution in [0.25, 0.3) is 0 Å². The Morgan fingerprint density at radius 3 is 2.67 bits per heavy atom. The molecule has 2 aromatic rings. The van der Waals surface area contributed by atoms with Crippen LogP contribution in [0.1, 0.15) is 11.3 Å². The second-order valence-electron chi connectivity index (χ2n) is 4.59. The van der Waals surface area contributed by atoms with Crippen molar-refractivity contribution in [3.8, 4) is 0 Å². The van der Waals surface area contributed by atoms with E-state index in [0.29, 0.717) is 16.7 Å². The third kappa shape index (κ3) is 4.03. The van der Waals surface area contributed by atoms with Crippen LogP contribution < -0.4 is 10.0 Å². The molecule has 2 rings (SSSR count). The summed E-state index contributed by atoms with van der Waals surface area (Å²) in [5.74, 6) is 0. The van der Waals surface area contributed by atoms with Crippen molar-refractivity contribution in [2.75, 3.05) is 11.8 Å². The standard InChI is InChI=1S/C14H16BrN3O2S/c1-10-7-12(5-6-17-10)18-21(19,20)14-8-11(9-16-2)3-4-13(14)15/h3-8,16H,9H2,1-2H3,(H,17,18). The van der Waals surface area contributed by atoms with Crippen LogP contribution in [0.3, 0.4) is 0 Å². The molecule has 5 nitrogen and oxygen atoms in total. The maximum atomic E-state index is 12.5. The summed E-state index contributed by atoms with van der Waals surface area (Å²) in [6.07, 6.45) is 1.57. The number of hydrogen-bond acceptors (Lipinski definition) is 4. The third-order valence-electron chi connectivity index (χ3n) is 2.81. The Labute approximate surface area is 133 Å². The van der Waals surface area contributed by atoms with Crippen LogP contribution in [-0.4, -0.2) is 20.4 Å². The van der Waals surface area contributed by atoms with Gasteiger partial charge in [-0.05, 0) is 59.7 Å². The first kappa shape index (κ1) is 15.9. The Kier molecular flexibility index (Phi) is 4.97. The van der Waals surface area contributed by atoms with Crippen LogP contribution >= 0.6 is 15.9 Å². The molecule has 0 fully saturated rings. The maximum absolute atomic E-state index is 12.5. The molecule has 0 atom stereocenters. The molecule has 2 N–H and O–H groups in total. The van der Waals surface area contributed by atoms with Gasteiger partial charge in [-0.2, -0.15) is 0 Å². The summed E-state index contributed by atoms with van der Waals surface area (Å²) in [6, 6.07) is 8.56. The number of rotatable bonds is 5. The number of benzene rings is 1. The largest absolute Gasteiger partial charge is 0.316 e. The van der Waals surface area contributed by atoms with Gasteiger partial charge in [0.05, 0.1) is 5.69 Å².